The number of rotatable bonds is 5. The first-order valence-electron chi connectivity index (χ1n) is 7.70. The molecule has 0 saturated heterocycles. The van der Waals surface area contributed by atoms with E-state index < -0.39 is 5.91 Å². The molecule has 0 fully saturated rings. The summed E-state index contributed by atoms with van der Waals surface area (Å²) in [6, 6.07) is 14.3. The van der Waals surface area contributed by atoms with Crippen molar-refractivity contribution in [2.24, 2.45) is 0 Å². The van der Waals surface area contributed by atoms with Crippen molar-refractivity contribution in [2.45, 2.75) is 6.54 Å². The number of carbonyl (C=O) groups excluding carboxylic acids is 2. The Morgan fingerprint density at radius 3 is 2.58 bits per heavy atom. The second kappa shape index (κ2) is 8.12. The van der Waals surface area contributed by atoms with E-state index in [-0.39, 0.29) is 18.3 Å². The summed E-state index contributed by atoms with van der Waals surface area (Å²) in [5, 5.41) is 7.46. The smallest absolute Gasteiger partial charge is 0.265 e. The third kappa shape index (κ3) is 4.28. The maximum absolute atomic E-state index is 13.6. The summed E-state index contributed by atoms with van der Waals surface area (Å²) in [6.45, 7) is 0.0605. The number of anilines is 1. The van der Waals surface area contributed by atoms with Crippen molar-refractivity contribution >= 4 is 40.4 Å². The third-order valence-electron chi connectivity index (χ3n) is 3.62. The van der Waals surface area contributed by atoms with Crippen LogP contribution in [0.1, 0.15) is 25.6 Å². The Kier molecular flexibility index (Phi) is 5.65. The Bertz CT molecular complexity index is 944. The summed E-state index contributed by atoms with van der Waals surface area (Å²) in [6.07, 6.45) is 0. The minimum absolute atomic E-state index is 0.0605. The summed E-state index contributed by atoms with van der Waals surface area (Å²) < 4.78 is 13.6. The predicted octanol–water partition coefficient (Wildman–Crippen LogP) is 4.72. The van der Waals surface area contributed by atoms with Gasteiger partial charge < -0.3 is 10.6 Å². The highest BCUT2D eigenvalue weighted by Gasteiger charge is 2.13. The van der Waals surface area contributed by atoms with Crippen molar-refractivity contribution in [2.75, 3.05) is 5.32 Å². The fraction of sp³-hybridized carbons (Fsp3) is 0.0526. The molecule has 0 aliphatic rings. The molecule has 0 aliphatic heterocycles. The molecular formula is C19H14ClFN2O2S. The van der Waals surface area contributed by atoms with Crippen LogP contribution in [0.5, 0.6) is 0 Å². The van der Waals surface area contributed by atoms with Crippen LogP contribution in [-0.4, -0.2) is 11.8 Å². The van der Waals surface area contributed by atoms with E-state index in [9.17, 15) is 14.0 Å². The van der Waals surface area contributed by atoms with E-state index in [1.807, 2.05) is 0 Å². The zero-order valence-electron chi connectivity index (χ0n) is 13.5. The molecule has 0 atom stereocenters. The van der Waals surface area contributed by atoms with Gasteiger partial charge in [-0.15, -0.1) is 11.3 Å². The molecule has 2 N–H and O–H groups in total. The molecule has 2 aromatic carbocycles. The second-order valence-corrected chi connectivity index (χ2v) is 6.76. The molecule has 0 spiro atoms. The van der Waals surface area contributed by atoms with Gasteiger partial charge in [0.25, 0.3) is 11.8 Å². The van der Waals surface area contributed by atoms with Crippen LogP contribution in [0.25, 0.3) is 0 Å². The van der Waals surface area contributed by atoms with E-state index in [1.54, 1.807) is 41.8 Å². The van der Waals surface area contributed by atoms with Crippen molar-refractivity contribution in [3.8, 4) is 0 Å². The van der Waals surface area contributed by atoms with Gasteiger partial charge in [-0.1, -0.05) is 35.9 Å². The lowest BCUT2D eigenvalue weighted by Crippen LogP contribution is -2.23. The minimum Gasteiger partial charge on any atom is -0.348 e. The monoisotopic (exact) mass is 388 g/mol. The molecule has 3 rings (SSSR count). The van der Waals surface area contributed by atoms with Gasteiger partial charge in [-0.3, -0.25) is 9.59 Å². The molecule has 0 unspecified atom stereocenters. The Balaban J connectivity index is 1.71. The Morgan fingerprint density at radius 1 is 1.04 bits per heavy atom. The summed E-state index contributed by atoms with van der Waals surface area (Å²) >= 11 is 7.41. The number of benzene rings is 2. The number of nitrogens with one attached hydrogen (secondary N) is 2. The standard InChI is InChI=1S/C19H14ClFN2O2S/c20-14-8-7-12(10-16(14)23-19(25)17-6-3-9-26-17)18(24)22-11-13-4-1-2-5-15(13)21/h1-10H,11H2,(H,22,24)(H,23,25). The minimum atomic E-state index is -0.392. The maximum atomic E-state index is 13.6. The first-order valence-corrected chi connectivity index (χ1v) is 8.96. The first kappa shape index (κ1) is 18.1. The number of thiophene rings is 1. The number of carbonyl (C=O) groups is 2. The number of amides is 2. The van der Waals surface area contributed by atoms with Crippen LogP contribution in [0, 0.1) is 5.82 Å². The van der Waals surface area contributed by atoms with Crippen molar-refractivity contribution < 1.29 is 14.0 Å². The number of halogens is 2. The fourth-order valence-corrected chi connectivity index (χ4v) is 3.06. The summed E-state index contributed by atoms with van der Waals surface area (Å²) in [5.74, 6) is -1.07. The van der Waals surface area contributed by atoms with E-state index in [0.717, 1.165) is 0 Å². The Hall–Kier alpha value is -2.70. The van der Waals surface area contributed by atoms with Crippen LogP contribution in [0.2, 0.25) is 5.02 Å². The van der Waals surface area contributed by atoms with Gasteiger partial charge in [-0.05, 0) is 35.7 Å². The summed E-state index contributed by atoms with van der Waals surface area (Å²) in [5.41, 5.74) is 1.04. The van der Waals surface area contributed by atoms with E-state index in [1.165, 1.54) is 29.5 Å². The molecule has 1 heterocycles. The molecule has 0 aliphatic carbocycles. The van der Waals surface area contributed by atoms with Gasteiger partial charge in [0.2, 0.25) is 0 Å². The molecule has 132 valence electrons. The van der Waals surface area contributed by atoms with Gasteiger partial charge >= 0.3 is 0 Å². The highest BCUT2D eigenvalue weighted by molar-refractivity contribution is 7.12. The summed E-state index contributed by atoms with van der Waals surface area (Å²) in [7, 11) is 0. The molecule has 3 aromatic rings. The number of hydrogen-bond donors (Lipinski definition) is 2. The van der Waals surface area contributed by atoms with Crippen molar-refractivity contribution in [3.05, 3.63) is 86.8 Å². The first-order chi connectivity index (χ1) is 12.5. The molecule has 26 heavy (non-hydrogen) atoms. The normalized spacial score (nSPS) is 10.4. The lowest BCUT2D eigenvalue weighted by Gasteiger charge is -2.10. The molecule has 1 aromatic heterocycles. The van der Waals surface area contributed by atoms with Crippen LogP contribution in [0.15, 0.2) is 60.0 Å². The van der Waals surface area contributed by atoms with Crippen LogP contribution < -0.4 is 10.6 Å². The zero-order chi connectivity index (χ0) is 18.5. The van der Waals surface area contributed by atoms with Crippen LogP contribution in [0.4, 0.5) is 10.1 Å². The van der Waals surface area contributed by atoms with Crippen LogP contribution in [-0.2, 0) is 6.54 Å². The Labute approximate surface area is 158 Å². The van der Waals surface area contributed by atoms with Gasteiger partial charge in [-0.2, -0.15) is 0 Å². The number of hydrogen-bond acceptors (Lipinski definition) is 3. The second-order valence-electron chi connectivity index (χ2n) is 5.40. The van der Waals surface area contributed by atoms with Gasteiger partial charge in [0.15, 0.2) is 0 Å². The van der Waals surface area contributed by atoms with Crippen molar-refractivity contribution in [1.29, 1.82) is 0 Å². The molecule has 4 nitrogen and oxygen atoms in total. The summed E-state index contributed by atoms with van der Waals surface area (Å²) in [4.78, 5) is 25.0. The quantitative estimate of drug-likeness (QED) is 0.664. The van der Waals surface area contributed by atoms with Gasteiger partial charge in [0.1, 0.15) is 5.82 Å². The topological polar surface area (TPSA) is 58.2 Å². The van der Waals surface area contributed by atoms with Gasteiger partial charge in [0.05, 0.1) is 15.6 Å². The molecule has 2 amide bonds. The third-order valence-corrected chi connectivity index (χ3v) is 4.82. The van der Waals surface area contributed by atoms with Crippen LogP contribution >= 0.6 is 22.9 Å². The fourth-order valence-electron chi connectivity index (χ4n) is 2.27. The van der Waals surface area contributed by atoms with Gasteiger partial charge in [0, 0.05) is 17.7 Å². The molecule has 0 radical (unpaired) electrons. The van der Waals surface area contributed by atoms with Crippen LogP contribution in [0.3, 0.4) is 0 Å². The molecular weight excluding hydrogens is 375 g/mol. The predicted molar refractivity (Wildman–Crippen MR) is 101 cm³/mol. The molecule has 0 saturated carbocycles. The van der Waals surface area contributed by atoms with Crippen molar-refractivity contribution in [1.82, 2.24) is 5.32 Å². The maximum Gasteiger partial charge on any atom is 0.265 e. The van der Waals surface area contributed by atoms with Crippen molar-refractivity contribution in [3.63, 3.8) is 0 Å². The zero-order valence-corrected chi connectivity index (χ0v) is 15.0. The SMILES string of the molecule is O=C(NCc1ccccc1F)c1ccc(Cl)c(NC(=O)c2cccs2)c1. The average Bonchev–Trinajstić information content (AvgIpc) is 3.17. The largest absolute Gasteiger partial charge is 0.348 e. The lowest BCUT2D eigenvalue weighted by molar-refractivity contribution is 0.0949. The molecule has 0 bridgehead atoms. The highest BCUT2D eigenvalue weighted by Crippen LogP contribution is 2.24. The van der Waals surface area contributed by atoms with E-state index >= 15 is 0 Å². The van der Waals surface area contributed by atoms with E-state index in [2.05, 4.69) is 10.6 Å². The lowest BCUT2D eigenvalue weighted by atomic mass is 10.1. The Morgan fingerprint density at radius 2 is 1.85 bits per heavy atom. The highest BCUT2D eigenvalue weighted by atomic mass is 35.5. The van der Waals surface area contributed by atoms with Gasteiger partial charge in [-0.25, -0.2) is 4.39 Å². The average molecular weight is 389 g/mol. The van der Waals surface area contributed by atoms with E-state index in [4.69, 9.17) is 11.6 Å². The molecule has 7 heteroatoms. The van der Waals surface area contributed by atoms with E-state index in [0.29, 0.717) is 26.7 Å².